The Kier molecular flexibility index (Phi) is 3.47. The van der Waals surface area contributed by atoms with Crippen LogP contribution in [0.15, 0.2) is 30.5 Å². The van der Waals surface area contributed by atoms with E-state index in [1.807, 2.05) is 29.2 Å². The van der Waals surface area contributed by atoms with Gasteiger partial charge in [0.15, 0.2) is 6.10 Å². The van der Waals surface area contributed by atoms with Crippen molar-refractivity contribution in [1.29, 1.82) is 0 Å². The molecule has 2 heterocycles. The van der Waals surface area contributed by atoms with Gasteiger partial charge in [0, 0.05) is 13.6 Å². The van der Waals surface area contributed by atoms with Gasteiger partial charge in [-0.2, -0.15) is 0 Å². The largest absolute Gasteiger partial charge is 0.365 e. The van der Waals surface area contributed by atoms with Crippen LogP contribution in [-0.2, 0) is 9.53 Å². The van der Waals surface area contributed by atoms with Gasteiger partial charge in [0.25, 0.3) is 5.91 Å². The lowest BCUT2D eigenvalue weighted by molar-refractivity contribution is -0.132. The third-order valence-corrected chi connectivity index (χ3v) is 3.37. The Morgan fingerprint density at radius 2 is 2.20 bits per heavy atom. The molecule has 1 aromatic carbocycles. The highest BCUT2D eigenvalue weighted by Gasteiger charge is 2.26. The summed E-state index contributed by atoms with van der Waals surface area (Å²) >= 11 is 0. The van der Waals surface area contributed by atoms with Gasteiger partial charge in [-0.05, 0) is 12.1 Å². The van der Waals surface area contributed by atoms with E-state index in [9.17, 15) is 4.79 Å². The molecule has 1 aliphatic heterocycles. The Morgan fingerprint density at radius 1 is 1.40 bits per heavy atom. The van der Waals surface area contributed by atoms with Crippen LogP contribution in [0, 0.1) is 0 Å². The van der Waals surface area contributed by atoms with Gasteiger partial charge in [0.2, 0.25) is 0 Å². The maximum Gasteiger partial charge on any atom is 0.250 e. The number of morpholine rings is 1. The van der Waals surface area contributed by atoms with Crippen LogP contribution in [0.25, 0.3) is 11.0 Å². The molecule has 20 heavy (non-hydrogen) atoms. The molecule has 1 unspecified atom stereocenters. The highest BCUT2D eigenvalue weighted by atomic mass is 16.5. The molecule has 0 bridgehead atoms. The minimum atomic E-state index is -0.456. The van der Waals surface area contributed by atoms with Crippen LogP contribution >= 0.6 is 0 Å². The molecule has 0 radical (unpaired) electrons. The highest BCUT2D eigenvalue weighted by molar-refractivity contribution is 5.81. The van der Waals surface area contributed by atoms with Crippen molar-refractivity contribution < 1.29 is 9.53 Å². The summed E-state index contributed by atoms with van der Waals surface area (Å²) in [7, 11) is 1.61. The normalized spacial score (nSPS) is 19.1. The molecule has 0 spiro atoms. The van der Waals surface area contributed by atoms with Gasteiger partial charge in [-0.3, -0.25) is 9.78 Å². The quantitative estimate of drug-likeness (QED) is 0.866. The van der Waals surface area contributed by atoms with Gasteiger partial charge < -0.3 is 15.0 Å². The Hall–Kier alpha value is -2.21. The summed E-state index contributed by atoms with van der Waals surface area (Å²) in [6, 6.07) is 7.74. The lowest BCUT2D eigenvalue weighted by Crippen LogP contribution is -2.49. The number of nitrogens with one attached hydrogen (secondary N) is 1. The standard InChI is InChI=1S/C14H16N4O2/c1-15-14(19)12-9-18(6-7-20-12)13-8-16-10-4-2-3-5-11(10)17-13/h2-5,8,12H,6-7,9H2,1H3,(H,15,19). The first kappa shape index (κ1) is 12.8. The Morgan fingerprint density at radius 3 is 3.00 bits per heavy atom. The summed E-state index contributed by atoms with van der Waals surface area (Å²) < 4.78 is 5.47. The van der Waals surface area contributed by atoms with Crippen molar-refractivity contribution in [1.82, 2.24) is 15.3 Å². The van der Waals surface area contributed by atoms with Crippen LogP contribution in [0.4, 0.5) is 5.82 Å². The first-order valence-corrected chi connectivity index (χ1v) is 6.58. The van der Waals surface area contributed by atoms with Crippen molar-refractivity contribution in [3.63, 3.8) is 0 Å². The van der Waals surface area contributed by atoms with Crippen molar-refractivity contribution in [3.05, 3.63) is 30.5 Å². The Balaban J connectivity index is 1.84. The van der Waals surface area contributed by atoms with Crippen molar-refractivity contribution in [3.8, 4) is 0 Å². The number of hydrogen-bond donors (Lipinski definition) is 1. The zero-order valence-electron chi connectivity index (χ0n) is 11.2. The van der Waals surface area contributed by atoms with E-state index in [2.05, 4.69) is 15.3 Å². The molecule has 104 valence electrons. The predicted molar refractivity (Wildman–Crippen MR) is 75.6 cm³/mol. The number of likely N-dealkylation sites (N-methyl/N-ethyl adjacent to an activating group) is 1. The number of carbonyl (C=O) groups excluding carboxylic acids is 1. The fraction of sp³-hybridized carbons (Fsp3) is 0.357. The number of fused-ring (bicyclic) bond motifs is 1. The van der Waals surface area contributed by atoms with Gasteiger partial charge in [-0.15, -0.1) is 0 Å². The van der Waals surface area contributed by atoms with E-state index >= 15 is 0 Å². The lowest BCUT2D eigenvalue weighted by Gasteiger charge is -2.32. The highest BCUT2D eigenvalue weighted by Crippen LogP contribution is 2.17. The monoisotopic (exact) mass is 272 g/mol. The Labute approximate surface area is 116 Å². The predicted octanol–water partition coefficient (Wildman–Crippen LogP) is 0.581. The van der Waals surface area contributed by atoms with Crippen LogP contribution < -0.4 is 10.2 Å². The topological polar surface area (TPSA) is 67.4 Å². The van der Waals surface area contributed by atoms with E-state index < -0.39 is 6.10 Å². The zero-order chi connectivity index (χ0) is 13.9. The minimum Gasteiger partial charge on any atom is -0.365 e. The Bertz CT molecular complexity index is 631. The summed E-state index contributed by atoms with van der Waals surface area (Å²) in [4.78, 5) is 22.7. The van der Waals surface area contributed by atoms with Crippen LogP contribution in [0.5, 0.6) is 0 Å². The molecule has 1 atom stereocenters. The molecular weight excluding hydrogens is 256 g/mol. The SMILES string of the molecule is CNC(=O)C1CN(c2cnc3ccccc3n2)CCO1. The lowest BCUT2D eigenvalue weighted by atomic mass is 10.2. The van der Waals surface area contributed by atoms with Crippen LogP contribution in [-0.4, -0.2) is 48.7 Å². The molecule has 1 amide bonds. The molecule has 6 nitrogen and oxygen atoms in total. The average Bonchev–Trinajstić information content (AvgIpc) is 2.53. The second-order valence-corrected chi connectivity index (χ2v) is 4.64. The van der Waals surface area contributed by atoms with Gasteiger partial charge >= 0.3 is 0 Å². The van der Waals surface area contributed by atoms with E-state index in [1.165, 1.54) is 0 Å². The third kappa shape index (κ3) is 2.42. The first-order valence-electron chi connectivity index (χ1n) is 6.58. The fourth-order valence-corrected chi connectivity index (χ4v) is 2.28. The molecule has 2 aromatic rings. The smallest absolute Gasteiger partial charge is 0.250 e. The number of hydrogen-bond acceptors (Lipinski definition) is 5. The number of rotatable bonds is 2. The van der Waals surface area contributed by atoms with Gasteiger partial charge in [0.05, 0.1) is 30.4 Å². The molecule has 0 saturated carbocycles. The second-order valence-electron chi connectivity index (χ2n) is 4.64. The molecule has 6 heteroatoms. The van der Waals surface area contributed by atoms with E-state index in [-0.39, 0.29) is 5.91 Å². The number of amides is 1. The molecule has 3 rings (SSSR count). The molecule has 0 aliphatic carbocycles. The first-order chi connectivity index (χ1) is 9.78. The number of para-hydroxylation sites is 2. The van der Waals surface area contributed by atoms with Crippen molar-refractivity contribution in [2.45, 2.75) is 6.10 Å². The van der Waals surface area contributed by atoms with Crippen molar-refractivity contribution >= 4 is 22.8 Å². The van der Waals surface area contributed by atoms with Crippen LogP contribution in [0.1, 0.15) is 0 Å². The van der Waals surface area contributed by atoms with E-state index in [1.54, 1.807) is 13.2 Å². The maximum atomic E-state index is 11.7. The zero-order valence-corrected chi connectivity index (χ0v) is 11.2. The van der Waals surface area contributed by atoms with E-state index in [0.29, 0.717) is 19.7 Å². The molecule has 1 aliphatic rings. The van der Waals surface area contributed by atoms with Crippen LogP contribution in [0.2, 0.25) is 0 Å². The number of benzene rings is 1. The van der Waals surface area contributed by atoms with Crippen molar-refractivity contribution in [2.75, 3.05) is 31.6 Å². The molecular formula is C14H16N4O2. The minimum absolute atomic E-state index is 0.108. The second kappa shape index (κ2) is 5.42. The molecule has 1 saturated heterocycles. The summed E-state index contributed by atoms with van der Waals surface area (Å²) in [5.74, 6) is 0.671. The van der Waals surface area contributed by atoms with Crippen LogP contribution in [0.3, 0.4) is 0 Å². The maximum absolute atomic E-state index is 11.7. The number of aromatic nitrogens is 2. The number of ether oxygens (including phenoxy) is 1. The van der Waals surface area contributed by atoms with Crippen molar-refractivity contribution in [2.24, 2.45) is 0 Å². The summed E-state index contributed by atoms with van der Waals surface area (Å²) in [5.41, 5.74) is 1.72. The third-order valence-electron chi connectivity index (χ3n) is 3.37. The summed E-state index contributed by atoms with van der Waals surface area (Å²) in [6.45, 7) is 1.71. The average molecular weight is 272 g/mol. The van der Waals surface area contributed by atoms with E-state index in [0.717, 1.165) is 16.9 Å². The summed E-state index contributed by atoms with van der Waals surface area (Å²) in [6.07, 6.45) is 1.29. The number of nitrogens with zero attached hydrogens (tertiary/aromatic N) is 3. The summed E-state index contributed by atoms with van der Waals surface area (Å²) in [5, 5.41) is 2.61. The van der Waals surface area contributed by atoms with E-state index in [4.69, 9.17) is 4.74 Å². The number of carbonyl (C=O) groups is 1. The number of anilines is 1. The van der Waals surface area contributed by atoms with Gasteiger partial charge in [-0.1, -0.05) is 12.1 Å². The van der Waals surface area contributed by atoms with Gasteiger partial charge in [0.1, 0.15) is 5.82 Å². The van der Waals surface area contributed by atoms with Gasteiger partial charge in [-0.25, -0.2) is 4.98 Å². The fourth-order valence-electron chi connectivity index (χ4n) is 2.28. The molecule has 1 fully saturated rings. The molecule has 1 N–H and O–H groups in total. The molecule has 1 aromatic heterocycles.